The minimum absolute atomic E-state index is 0.131. The van der Waals surface area contributed by atoms with E-state index in [-0.39, 0.29) is 10.7 Å². The van der Waals surface area contributed by atoms with Crippen LogP contribution in [-0.4, -0.2) is 9.55 Å². The van der Waals surface area contributed by atoms with Gasteiger partial charge in [0.05, 0.1) is 11.3 Å². The maximum Gasteiger partial charge on any atom is 0.334 e. The molecule has 4 nitrogen and oxygen atoms in total. The van der Waals surface area contributed by atoms with E-state index in [4.69, 9.17) is 11.6 Å². The Kier molecular flexibility index (Phi) is 4.50. The Morgan fingerprint density at radius 3 is 2.65 bits per heavy atom. The van der Waals surface area contributed by atoms with Crippen molar-refractivity contribution in [2.45, 2.75) is 26.7 Å². The summed E-state index contributed by atoms with van der Waals surface area (Å²) in [4.78, 5) is 27.0. The minimum atomic E-state index is -0.526. The van der Waals surface area contributed by atoms with Gasteiger partial charge in [-0.3, -0.25) is 9.78 Å². The quantitative estimate of drug-likeness (QED) is 0.858. The number of nitrogens with one attached hydrogen (secondary N) is 1. The van der Waals surface area contributed by atoms with Crippen molar-refractivity contribution in [3.8, 4) is 5.69 Å². The molecule has 2 rings (SSSR count). The highest BCUT2D eigenvalue weighted by molar-refractivity contribution is 9.10. The number of nitrogens with zero attached hydrogens (tertiary/aromatic N) is 1. The number of hydrogen-bond donors (Lipinski definition) is 1. The van der Waals surface area contributed by atoms with Gasteiger partial charge in [0.2, 0.25) is 0 Å². The third-order valence-electron chi connectivity index (χ3n) is 3.05. The summed E-state index contributed by atoms with van der Waals surface area (Å²) in [6, 6.07) is 5.31. The molecule has 1 aromatic carbocycles. The Bertz CT molecular complexity index is 765. The van der Waals surface area contributed by atoms with E-state index in [0.29, 0.717) is 17.7 Å². The van der Waals surface area contributed by atoms with Crippen LogP contribution >= 0.6 is 27.5 Å². The van der Waals surface area contributed by atoms with Gasteiger partial charge in [-0.1, -0.05) is 40.9 Å². The number of aromatic nitrogens is 2. The molecule has 0 saturated carbocycles. The van der Waals surface area contributed by atoms with Gasteiger partial charge in [-0.2, -0.15) is 0 Å². The Labute approximate surface area is 129 Å². The number of aromatic amines is 1. The van der Waals surface area contributed by atoms with Crippen LogP contribution < -0.4 is 11.2 Å². The van der Waals surface area contributed by atoms with Gasteiger partial charge in [0.1, 0.15) is 5.15 Å². The first kappa shape index (κ1) is 15.1. The number of aryl methyl sites for hydroxylation is 1. The maximum atomic E-state index is 12.4. The summed E-state index contributed by atoms with van der Waals surface area (Å²) in [6.45, 7) is 3.85. The van der Waals surface area contributed by atoms with Crippen molar-refractivity contribution in [2.75, 3.05) is 0 Å². The second-order valence-corrected chi connectivity index (χ2v) is 5.78. The molecule has 0 spiro atoms. The molecule has 0 aliphatic carbocycles. The highest BCUT2D eigenvalue weighted by Crippen LogP contribution is 2.18. The van der Waals surface area contributed by atoms with Crippen molar-refractivity contribution in [1.82, 2.24) is 9.55 Å². The van der Waals surface area contributed by atoms with Gasteiger partial charge in [-0.05, 0) is 37.1 Å². The lowest BCUT2D eigenvalue weighted by Crippen LogP contribution is -2.36. The average Bonchev–Trinajstić information content (AvgIpc) is 2.38. The third kappa shape index (κ3) is 2.74. The van der Waals surface area contributed by atoms with E-state index in [9.17, 15) is 9.59 Å². The van der Waals surface area contributed by atoms with E-state index < -0.39 is 5.69 Å². The molecule has 20 heavy (non-hydrogen) atoms. The van der Waals surface area contributed by atoms with Gasteiger partial charge < -0.3 is 0 Å². The Balaban J connectivity index is 2.73. The second-order valence-electron chi connectivity index (χ2n) is 4.55. The molecule has 0 radical (unpaired) electrons. The molecule has 0 atom stereocenters. The first-order valence-corrected chi connectivity index (χ1v) is 7.43. The predicted octanol–water partition coefficient (Wildman–Crippen LogP) is 3.20. The maximum absolute atomic E-state index is 12.4. The summed E-state index contributed by atoms with van der Waals surface area (Å²) in [5.41, 5.74) is 1.03. The monoisotopic (exact) mass is 356 g/mol. The summed E-state index contributed by atoms with van der Waals surface area (Å²) in [6.07, 6.45) is 1.31. The smallest absolute Gasteiger partial charge is 0.297 e. The van der Waals surface area contributed by atoms with Gasteiger partial charge in [0.15, 0.2) is 0 Å². The molecular weight excluding hydrogens is 344 g/mol. The van der Waals surface area contributed by atoms with Crippen LogP contribution in [0.2, 0.25) is 5.15 Å². The number of halogens is 2. The Morgan fingerprint density at radius 1 is 1.35 bits per heavy atom. The highest BCUT2D eigenvalue weighted by atomic mass is 79.9. The van der Waals surface area contributed by atoms with E-state index in [2.05, 4.69) is 20.9 Å². The summed E-state index contributed by atoms with van der Waals surface area (Å²) in [7, 11) is 0. The van der Waals surface area contributed by atoms with Crippen LogP contribution in [0.5, 0.6) is 0 Å². The van der Waals surface area contributed by atoms with Gasteiger partial charge >= 0.3 is 5.69 Å². The lowest BCUT2D eigenvalue weighted by atomic mass is 10.2. The first-order valence-electron chi connectivity index (χ1n) is 6.26. The molecule has 106 valence electrons. The lowest BCUT2D eigenvalue weighted by molar-refractivity contribution is 0.811. The molecule has 1 heterocycles. The summed E-state index contributed by atoms with van der Waals surface area (Å²) in [5.74, 6) is 0. The molecule has 0 amide bonds. The SMILES string of the molecule is CCCc1c(Cl)[nH]c(=O)n(-c2ccc(Br)c(C)c2)c1=O. The molecule has 0 saturated heterocycles. The predicted molar refractivity (Wildman–Crippen MR) is 84.1 cm³/mol. The van der Waals surface area contributed by atoms with E-state index in [1.54, 1.807) is 12.1 Å². The van der Waals surface area contributed by atoms with Crippen LogP contribution in [0.4, 0.5) is 0 Å². The number of H-pyrrole nitrogens is 1. The van der Waals surface area contributed by atoms with Crippen LogP contribution in [0.15, 0.2) is 32.3 Å². The van der Waals surface area contributed by atoms with Crippen molar-refractivity contribution < 1.29 is 0 Å². The van der Waals surface area contributed by atoms with E-state index in [1.165, 1.54) is 0 Å². The highest BCUT2D eigenvalue weighted by Gasteiger charge is 2.13. The molecule has 0 aliphatic rings. The van der Waals surface area contributed by atoms with Crippen LogP contribution in [0.3, 0.4) is 0 Å². The summed E-state index contributed by atoms with van der Waals surface area (Å²) >= 11 is 9.35. The molecule has 0 aliphatic heterocycles. The molecule has 1 aromatic heterocycles. The van der Waals surface area contributed by atoms with Gasteiger partial charge in [0, 0.05) is 4.47 Å². The zero-order valence-electron chi connectivity index (χ0n) is 11.2. The van der Waals surface area contributed by atoms with Crippen molar-refractivity contribution in [3.05, 3.63) is 59.8 Å². The average molecular weight is 358 g/mol. The van der Waals surface area contributed by atoms with Crippen LogP contribution in [0.25, 0.3) is 5.69 Å². The van der Waals surface area contributed by atoms with Crippen molar-refractivity contribution >= 4 is 27.5 Å². The van der Waals surface area contributed by atoms with E-state index >= 15 is 0 Å². The van der Waals surface area contributed by atoms with Gasteiger partial charge in [-0.25, -0.2) is 9.36 Å². The zero-order valence-corrected chi connectivity index (χ0v) is 13.5. The minimum Gasteiger partial charge on any atom is -0.297 e. The summed E-state index contributed by atoms with van der Waals surface area (Å²) in [5, 5.41) is 0.131. The molecule has 2 aromatic rings. The van der Waals surface area contributed by atoms with Gasteiger partial charge in [0.25, 0.3) is 5.56 Å². The fourth-order valence-electron chi connectivity index (χ4n) is 2.02. The first-order chi connectivity index (χ1) is 9.45. The van der Waals surface area contributed by atoms with Gasteiger partial charge in [-0.15, -0.1) is 0 Å². The lowest BCUT2D eigenvalue weighted by Gasteiger charge is -2.09. The Morgan fingerprint density at radius 2 is 2.05 bits per heavy atom. The Hall–Kier alpha value is -1.33. The van der Waals surface area contributed by atoms with Crippen LogP contribution in [0.1, 0.15) is 24.5 Å². The van der Waals surface area contributed by atoms with E-state index in [0.717, 1.165) is 21.0 Å². The molecule has 0 fully saturated rings. The molecule has 1 N–H and O–H groups in total. The number of benzene rings is 1. The normalized spacial score (nSPS) is 10.8. The van der Waals surface area contributed by atoms with Crippen LogP contribution in [-0.2, 0) is 6.42 Å². The summed E-state index contributed by atoms with van der Waals surface area (Å²) < 4.78 is 2.05. The molecule has 6 heteroatoms. The second kappa shape index (κ2) is 5.97. The fraction of sp³-hybridized carbons (Fsp3) is 0.286. The third-order valence-corrected chi connectivity index (χ3v) is 4.26. The fourth-order valence-corrected chi connectivity index (χ4v) is 2.52. The van der Waals surface area contributed by atoms with Crippen molar-refractivity contribution in [2.24, 2.45) is 0 Å². The molecule has 0 bridgehead atoms. The zero-order chi connectivity index (χ0) is 14.9. The number of hydrogen-bond acceptors (Lipinski definition) is 2. The largest absolute Gasteiger partial charge is 0.334 e. The molecular formula is C14H14BrClN2O2. The van der Waals surface area contributed by atoms with Crippen molar-refractivity contribution in [1.29, 1.82) is 0 Å². The number of rotatable bonds is 3. The van der Waals surface area contributed by atoms with E-state index in [1.807, 2.05) is 19.9 Å². The van der Waals surface area contributed by atoms with Crippen molar-refractivity contribution in [3.63, 3.8) is 0 Å². The topological polar surface area (TPSA) is 54.9 Å². The van der Waals surface area contributed by atoms with Crippen LogP contribution in [0, 0.1) is 6.92 Å². The molecule has 0 unspecified atom stereocenters. The standard InChI is InChI=1S/C14H14BrClN2O2/c1-3-4-10-12(16)17-14(20)18(13(10)19)9-5-6-11(15)8(2)7-9/h5-7H,3-4H2,1-2H3,(H,17,20).